The first kappa shape index (κ1) is 29.3. The average Bonchev–Trinajstić information content (AvgIpc) is 3.23. The van der Waals surface area contributed by atoms with E-state index in [1.165, 1.54) is 0 Å². The number of ether oxygens (including phenoxy) is 4. The molecule has 0 spiro atoms. The van der Waals surface area contributed by atoms with Crippen LogP contribution < -0.4 is 18.9 Å². The number of aliphatic hydroxyl groups excluding tert-OH is 1. The predicted octanol–water partition coefficient (Wildman–Crippen LogP) is 4.80. The molecule has 0 aromatic heterocycles. The normalized spacial score (nSPS) is 17.9. The van der Waals surface area contributed by atoms with Crippen LogP contribution in [-0.2, 0) is 9.59 Å². The van der Waals surface area contributed by atoms with Crippen LogP contribution in [0.3, 0.4) is 0 Å². The lowest BCUT2D eigenvalue weighted by Crippen LogP contribution is -2.38. The molecule has 1 atom stereocenters. The van der Waals surface area contributed by atoms with Crippen molar-refractivity contribution in [3.8, 4) is 23.0 Å². The minimum atomic E-state index is -0.798. The van der Waals surface area contributed by atoms with Gasteiger partial charge in [-0.2, -0.15) is 0 Å². The number of fused-ring (bicyclic) bond motifs is 1. The Morgan fingerprint density at radius 2 is 1.73 bits per heavy atom. The van der Waals surface area contributed by atoms with Crippen LogP contribution in [0.1, 0.15) is 57.7 Å². The van der Waals surface area contributed by atoms with E-state index in [1.54, 1.807) is 23.1 Å². The first-order chi connectivity index (χ1) is 19.4. The van der Waals surface area contributed by atoms with E-state index in [1.807, 2.05) is 25.1 Å². The second-order valence-electron chi connectivity index (χ2n) is 9.72. The minimum Gasteiger partial charge on any atom is -0.507 e. The van der Waals surface area contributed by atoms with Crippen LogP contribution in [0, 0.1) is 0 Å². The van der Waals surface area contributed by atoms with Gasteiger partial charge in [-0.15, -0.1) is 0 Å². The number of amides is 1. The Hall–Kier alpha value is -3.72. The molecule has 0 unspecified atom stereocenters. The molecule has 2 aromatic carbocycles. The summed E-state index contributed by atoms with van der Waals surface area (Å²) in [6.07, 6.45) is 1.91. The largest absolute Gasteiger partial charge is 0.507 e. The van der Waals surface area contributed by atoms with Crippen molar-refractivity contribution in [1.82, 2.24) is 9.80 Å². The predicted molar refractivity (Wildman–Crippen MR) is 152 cm³/mol. The van der Waals surface area contributed by atoms with Crippen molar-refractivity contribution in [1.29, 1.82) is 0 Å². The van der Waals surface area contributed by atoms with Crippen LogP contribution in [0.25, 0.3) is 5.76 Å². The number of benzene rings is 2. The van der Waals surface area contributed by atoms with Crippen molar-refractivity contribution in [3.63, 3.8) is 0 Å². The minimum absolute atomic E-state index is 0.0309. The van der Waals surface area contributed by atoms with Crippen LogP contribution in [0.5, 0.6) is 23.0 Å². The lowest BCUT2D eigenvalue weighted by Gasteiger charge is -2.28. The van der Waals surface area contributed by atoms with Crippen LogP contribution in [0.4, 0.5) is 0 Å². The lowest BCUT2D eigenvalue weighted by molar-refractivity contribution is -0.140. The highest BCUT2D eigenvalue weighted by Gasteiger charge is 2.46. The third-order valence-electron chi connectivity index (χ3n) is 7.25. The topological polar surface area (TPSA) is 97.8 Å². The van der Waals surface area contributed by atoms with Crippen LogP contribution in [-0.4, -0.2) is 79.2 Å². The molecule has 4 rings (SSSR count). The molecule has 2 aliphatic heterocycles. The highest BCUT2D eigenvalue weighted by Crippen LogP contribution is 2.43. The fourth-order valence-corrected chi connectivity index (χ4v) is 5.00. The Bertz CT molecular complexity index is 1240. The van der Waals surface area contributed by atoms with Gasteiger partial charge in [-0.25, -0.2) is 0 Å². The molecule has 0 bridgehead atoms. The lowest BCUT2D eigenvalue weighted by atomic mass is 9.94. The maximum atomic E-state index is 13.5. The first-order valence-electron chi connectivity index (χ1n) is 14.2. The van der Waals surface area contributed by atoms with Crippen molar-refractivity contribution < 1.29 is 33.6 Å². The molecule has 2 aliphatic rings. The van der Waals surface area contributed by atoms with E-state index in [-0.39, 0.29) is 11.3 Å². The molecule has 40 heavy (non-hydrogen) atoms. The summed E-state index contributed by atoms with van der Waals surface area (Å²) >= 11 is 0. The second kappa shape index (κ2) is 13.6. The number of rotatable bonds is 13. The monoisotopic (exact) mass is 552 g/mol. The van der Waals surface area contributed by atoms with Crippen molar-refractivity contribution in [2.75, 3.05) is 52.6 Å². The first-order valence-corrected chi connectivity index (χ1v) is 14.2. The summed E-state index contributed by atoms with van der Waals surface area (Å²) in [5, 5.41) is 11.5. The molecule has 9 heteroatoms. The zero-order chi connectivity index (χ0) is 28.6. The zero-order valence-electron chi connectivity index (χ0n) is 23.9. The van der Waals surface area contributed by atoms with Crippen molar-refractivity contribution in [2.45, 2.75) is 46.6 Å². The average molecular weight is 553 g/mol. The van der Waals surface area contributed by atoms with Gasteiger partial charge in [0.2, 0.25) is 0 Å². The Labute approximate surface area is 236 Å². The van der Waals surface area contributed by atoms with Gasteiger partial charge >= 0.3 is 0 Å². The SMILES string of the molecule is CCCCOc1ccc([C@H]2/C(=C(\O)c3ccc4c(c3)OCCO4)C(=O)C(=O)N2CCN(CC)CC)cc1OCC. The standard InChI is InChI=1S/C31H40N2O7/c1-5-9-16-38-23-12-10-21(19-25(23)37-8-4)28-27(30(35)31(36)33(28)15-14-32(6-2)7-3)29(34)22-11-13-24-26(20-22)40-18-17-39-24/h10-13,19-20,28,34H,5-9,14-18H2,1-4H3/b29-27+/t28-/m0/s1. The van der Waals surface area contributed by atoms with E-state index in [0.717, 1.165) is 25.9 Å². The number of hydrogen-bond donors (Lipinski definition) is 1. The van der Waals surface area contributed by atoms with Gasteiger partial charge in [-0.05, 0) is 62.3 Å². The van der Waals surface area contributed by atoms with Crippen LogP contribution in [0.2, 0.25) is 0 Å². The number of carbonyl (C=O) groups excluding carboxylic acids is 2. The number of aliphatic hydroxyl groups is 1. The van der Waals surface area contributed by atoms with E-state index < -0.39 is 17.7 Å². The Morgan fingerprint density at radius 3 is 2.42 bits per heavy atom. The molecule has 216 valence electrons. The summed E-state index contributed by atoms with van der Waals surface area (Å²) in [5.74, 6) is 0.562. The highest BCUT2D eigenvalue weighted by atomic mass is 16.6. The maximum Gasteiger partial charge on any atom is 0.295 e. The summed E-state index contributed by atoms with van der Waals surface area (Å²) in [7, 11) is 0. The smallest absolute Gasteiger partial charge is 0.295 e. The summed E-state index contributed by atoms with van der Waals surface area (Å²) in [6.45, 7) is 12.5. The van der Waals surface area contributed by atoms with Gasteiger partial charge in [-0.3, -0.25) is 9.59 Å². The molecular weight excluding hydrogens is 512 g/mol. The second-order valence-corrected chi connectivity index (χ2v) is 9.72. The third-order valence-corrected chi connectivity index (χ3v) is 7.25. The molecule has 1 fully saturated rings. The molecule has 2 aromatic rings. The Kier molecular flexibility index (Phi) is 9.93. The number of Topliss-reactive ketones (excluding diaryl/α,β-unsaturated/α-hetero) is 1. The van der Waals surface area contributed by atoms with Crippen LogP contribution >= 0.6 is 0 Å². The molecule has 1 N–H and O–H groups in total. The number of ketones is 1. The number of carbonyl (C=O) groups is 2. The van der Waals surface area contributed by atoms with Gasteiger partial charge in [0.25, 0.3) is 11.7 Å². The fraction of sp³-hybridized carbons (Fsp3) is 0.484. The molecule has 0 aliphatic carbocycles. The summed E-state index contributed by atoms with van der Waals surface area (Å²) in [5.41, 5.74) is 1.06. The van der Waals surface area contributed by atoms with Crippen molar-refractivity contribution in [2.24, 2.45) is 0 Å². The van der Waals surface area contributed by atoms with Gasteiger partial charge in [0.1, 0.15) is 19.0 Å². The zero-order valence-corrected chi connectivity index (χ0v) is 23.9. The number of nitrogens with zero attached hydrogens (tertiary/aromatic N) is 2. The van der Waals surface area contributed by atoms with Gasteiger partial charge < -0.3 is 33.9 Å². The molecular formula is C31H40N2O7. The third kappa shape index (κ3) is 6.20. The number of hydrogen-bond acceptors (Lipinski definition) is 8. The quantitative estimate of drug-likeness (QED) is 0.164. The van der Waals surface area contributed by atoms with E-state index in [4.69, 9.17) is 18.9 Å². The Morgan fingerprint density at radius 1 is 0.975 bits per heavy atom. The molecule has 0 saturated carbocycles. The number of unbranched alkanes of at least 4 members (excludes halogenated alkanes) is 1. The molecule has 9 nitrogen and oxygen atoms in total. The van der Waals surface area contributed by atoms with Crippen molar-refractivity contribution in [3.05, 3.63) is 53.1 Å². The van der Waals surface area contributed by atoms with Crippen LogP contribution in [0.15, 0.2) is 42.0 Å². The summed E-state index contributed by atoms with van der Waals surface area (Å²) < 4.78 is 23.1. The number of likely N-dealkylation sites (tertiary alicyclic amines) is 1. The highest BCUT2D eigenvalue weighted by molar-refractivity contribution is 6.46. The van der Waals surface area contributed by atoms with E-state index in [2.05, 4.69) is 25.7 Å². The Balaban J connectivity index is 1.80. The molecule has 1 saturated heterocycles. The van der Waals surface area contributed by atoms with Gasteiger partial charge in [0.15, 0.2) is 23.0 Å². The van der Waals surface area contributed by atoms with Gasteiger partial charge in [0, 0.05) is 18.7 Å². The van der Waals surface area contributed by atoms with E-state index in [9.17, 15) is 14.7 Å². The molecule has 0 radical (unpaired) electrons. The van der Waals surface area contributed by atoms with Gasteiger partial charge in [-0.1, -0.05) is 33.3 Å². The maximum absolute atomic E-state index is 13.5. The van der Waals surface area contributed by atoms with Crippen molar-refractivity contribution >= 4 is 17.4 Å². The summed E-state index contributed by atoms with van der Waals surface area (Å²) in [6, 6.07) is 9.66. The van der Waals surface area contributed by atoms with E-state index >= 15 is 0 Å². The number of likely N-dealkylation sites (N-methyl/N-ethyl adjacent to an activating group) is 1. The van der Waals surface area contributed by atoms with E-state index in [0.29, 0.717) is 73.6 Å². The summed E-state index contributed by atoms with van der Waals surface area (Å²) in [4.78, 5) is 30.7. The molecule has 2 heterocycles. The molecule has 1 amide bonds. The van der Waals surface area contributed by atoms with Gasteiger partial charge in [0.05, 0.1) is 24.8 Å². The fourth-order valence-electron chi connectivity index (χ4n) is 5.00.